The van der Waals surface area contributed by atoms with E-state index < -0.39 is 5.60 Å². The van der Waals surface area contributed by atoms with Crippen molar-refractivity contribution in [3.63, 3.8) is 0 Å². The van der Waals surface area contributed by atoms with Crippen molar-refractivity contribution in [1.82, 2.24) is 20.5 Å². The molecule has 0 atom stereocenters. The van der Waals surface area contributed by atoms with Crippen LogP contribution in [0.15, 0.2) is 60.9 Å². The van der Waals surface area contributed by atoms with Gasteiger partial charge in [0.25, 0.3) is 5.91 Å². The van der Waals surface area contributed by atoms with Crippen LogP contribution in [-0.4, -0.2) is 51.9 Å². The van der Waals surface area contributed by atoms with E-state index in [1.54, 1.807) is 29.4 Å². The number of piperidine rings is 1. The van der Waals surface area contributed by atoms with Gasteiger partial charge in [-0.3, -0.25) is 14.8 Å². The Labute approximate surface area is 252 Å². The Bertz CT molecular complexity index is 1610. The van der Waals surface area contributed by atoms with Crippen LogP contribution >= 0.6 is 0 Å². The monoisotopic (exact) mass is 583 g/mol. The van der Waals surface area contributed by atoms with Gasteiger partial charge in [-0.25, -0.2) is 9.78 Å². The Kier molecular flexibility index (Phi) is 8.41. The number of rotatable bonds is 6. The molecular formula is C33H41N7O3. The predicted octanol–water partition coefficient (Wildman–Crippen LogP) is 6.74. The molecule has 1 aliphatic rings. The molecule has 0 aliphatic carbocycles. The molecule has 2 aromatic heterocycles. The van der Waals surface area contributed by atoms with Gasteiger partial charge in [-0.2, -0.15) is 5.10 Å². The van der Waals surface area contributed by atoms with Gasteiger partial charge in [0.15, 0.2) is 0 Å². The number of hydrogen-bond donors (Lipinski definition) is 4. The number of H-pyrrole nitrogens is 1. The van der Waals surface area contributed by atoms with E-state index in [2.05, 4.69) is 51.9 Å². The number of amides is 2. The minimum atomic E-state index is -0.651. The zero-order valence-electron chi connectivity index (χ0n) is 25.7. The SMILES string of the molecule is CC(C)(C)OC(=O)N(c1cc(NC(=O)c2cccnc2Nc2ccc3cn[nH]c3c2)ccc1C(C)(C)C)C1CCNCC1. The molecule has 2 amide bonds. The summed E-state index contributed by atoms with van der Waals surface area (Å²) in [4.78, 5) is 33.6. The Morgan fingerprint density at radius 2 is 1.72 bits per heavy atom. The van der Waals surface area contributed by atoms with Gasteiger partial charge in [-0.05, 0) is 100 Å². The molecule has 1 aliphatic heterocycles. The summed E-state index contributed by atoms with van der Waals surface area (Å²) in [5.41, 5.74) is 3.43. The molecule has 5 rings (SSSR count). The van der Waals surface area contributed by atoms with Crippen LogP contribution in [0.1, 0.15) is 70.3 Å². The summed E-state index contributed by atoms with van der Waals surface area (Å²) >= 11 is 0. The fourth-order valence-electron chi connectivity index (χ4n) is 5.30. The molecule has 3 heterocycles. The van der Waals surface area contributed by atoms with Crippen molar-refractivity contribution >= 4 is 45.8 Å². The number of hydrogen-bond acceptors (Lipinski definition) is 7. The maximum absolute atomic E-state index is 13.7. The van der Waals surface area contributed by atoms with E-state index in [1.165, 1.54) is 0 Å². The van der Waals surface area contributed by atoms with Crippen LogP contribution in [0.3, 0.4) is 0 Å². The summed E-state index contributed by atoms with van der Waals surface area (Å²) in [5.74, 6) is 0.105. The van der Waals surface area contributed by atoms with Crippen molar-refractivity contribution < 1.29 is 14.3 Å². The van der Waals surface area contributed by atoms with Crippen LogP contribution in [0.25, 0.3) is 10.9 Å². The molecule has 10 nitrogen and oxygen atoms in total. The molecule has 226 valence electrons. The van der Waals surface area contributed by atoms with Gasteiger partial charge in [0.05, 0.1) is 23.0 Å². The minimum absolute atomic E-state index is 0.0375. The highest BCUT2D eigenvalue weighted by molar-refractivity contribution is 6.08. The summed E-state index contributed by atoms with van der Waals surface area (Å²) in [6.45, 7) is 13.6. The van der Waals surface area contributed by atoms with Crippen LogP contribution < -0.4 is 20.9 Å². The molecule has 0 radical (unpaired) electrons. The van der Waals surface area contributed by atoms with E-state index in [9.17, 15) is 9.59 Å². The lowest BCUT2D eigenvalue weighted by Gasteiger charge is -2.38. The molecule has 0 saturated carbocycles. The third-order valence-electron chi connectivity index (χ3n) is 7.34. The van der Waals surface area contributed by atoms with E-state index in [0.717, 1.165) is 53.8 Å². The second-order valence-corrected chi connectivity index (χ2v) is 13.0. The van der Waals surface area contributed by atoms with Crippen molar-refractivity contribution in [2.75, 3.05) is 28.6 Å². The van der Waals surface area contributed by atoms with Crippen LogP contribution in [0.4, 0.5) is 27.7 Å². The standard InChI is InChI=1S/C33H41N7O3/c1-32(2,3)26-12-11-23(19-28(26)40(24-13-16-34-17-14-24)31(42)43-33(4,5)6)38-30(41)25-8-7-15-35-29(25)37-22-10-9-21-20-36-39-27(21)18-22/h7-12,15,18-20,24,34H,13-14,16-17H2,1-6H3,(H,35,37)(H,36,39)(H,38,41). The topological polar surface area (TPSA) is 124 Å². The zero-order chi connectivity index (χ0) is 30.8. The fourth-order valence-corrected chi connectivity index (χ4v) is 5.30. The first-order valence-electron chi connectivity index (χ1n) is 14.7. The highest BCUT2D eigenvalue weighted by Crippen LogP contribution is 2.37. The first-order chi connectivity index (χ1) is 20.4. The number of aromatic nitrogens is 3. The summed E-state index contributed by atoms with van der Waals surface area (Å²) in [7, 11) is 0. The molecule has 0 spiro atoms. The third-order valence-corrected chi connectivity index (χ3v) is 7.34. The van der Waals surface area contributed by atoms with Crippen molar-refractivity contribution in [3.8, 4) is 0 Å². The molecule has 4 N–H and O–H groups in total. The van der Waals surface area contributed by atoms with E-state index in [1.807, 2.05) is 57.2 Å². The van der Waals surface area contributed by atoms with Crippen LogP contribution in [0, 0.1) is 0 Å². The summed E-state index contributed by atoms with van der Waals surface area (Å²) < 4.78 is 5.92. The summed E-state index contributed by atoms with van der Waals surface area (Å²) in [6, 6.07) is 15.0. The van der Waals surface area contributed by atoms with Crippen molar-refractivity contribution in [3.05, 3.63) is 72.1 Å². The normalized spacial score (nSPS) is 14.4. The smallest absolute Gasteiger partial charge is 0.415 e. The predicted molar refractivity (Wildman–Crippen MR) is 171 cm³/mol. The average Bonchev–Trinajstić information content (AvgIpc) is 3.41. The lowest BCUT2D eigenvalue weighted by atomic mass is 9.84. The van der Waals surface area contributed by atoms with Gasteiger partial charge in [0, 0.05) is 29.0 Å². The fraction of sp³-hybridized carbons (Fsp3) is 0.394. The van der Waals surface area contributed by atoms with Crippen molar-refractivity contribution in [2.24, 2.45) is 0 Å². The quantitative estimate of drug-likeness (QED) is 0.198. The maximum Gasteiger partial charge on any atom is 0.415 e. The number of nitrogens with one attached hydrogen (secondary N) is 4. The molecule has 4 aromatic rings. The lowest BCUT2D eigenvalue weighted by molar-refractivity contribution is 0.0559. The van der Waals surface area contributed by atoms with Crippen molar-refractivity contribution in [2.45, 2.75) is 71.4 Å². The Morgan fingerprint density at radius 3 is 2.44 bits per heavy atom. The molecule has 0 unspecified atom stereocenters. The van der Waals surface area contributed by atoms with Crippen LogP contribution in [0.2, 0.25) is 0 Å². The van der Waals surface area contributed by atoms with Gasteiger partial charge in [0.1, 0.15) is 11.4 Å². The highest BCUT2D eigenvalue weighted by Gasteiger charge is 2.34. The summed E-state index contributed by atoms with van der Waals surface area (Å²) in [6.07, 6.45) is 4.61. The number of benzene rings is 2. The second kappa shape index (κ2) is 12.0. The number of pyridine rings is 1. The van der Waals surface area contributed by atoms with E-state index in [0.29, 0.717) is 17.1 Å². The lowest BCUT2D eigenvalue weighted by Crippen LogP contribution is -2.49. The second-order valence-electron chi connectivity index (χ2n) is 13.0. The zero-order valence-corrected chi connectivity index (χ0v) is 25.7. The molecular weight excluding hydrogens is 542 g/mol. The highest BCUT2D eigenvalue weighted by atomic mass is 16.6. The largest absolute Gasteiger partial charge is 0.443 e. The number of nitrogens with zero attached hydrogens (tertiary/aromatic N) is 3. The molecule has 2 aromatic carbocycles. The van der Waals surface area contributed by atoms with Gasteiger partial charge < -0.3 is 20.7 Å². The van der Waals surface area contributed by atoms with Crippen LogP contribution in [-0.2, 0) is 10.2 Å². The molecule has 1 fully saturated rings. The molecule has 43 heavy (non-hydrogen) atoms. The first kappa shape index (κ1) is 30.0. The number of aromatic amines is 1. The Balaban J connectivity index is 1.47. The maximum atomic E-state index is 13.7. The molecule has 1 saturated heterocycles. The van der Waals surface area contributed by atoms with Gasteiger partial charge in [-0.15, -0.1) is 0 Å². The number of anilines is 4. The van der Waals surface area contributed by atoms with Gasteiger partial charge in [-0.1, -0.05) is 26.8 Å². The molecule has 0 bridgehead atoms. The summed E-state index contributed by atoms with van der Waals surface area (Å²) in [5, 5.41) is 17.7. The number of carbonyl (C=O) groups is 2. The number of fused-ring (bicyclic) bond motifs is 1. The van der Waals surface area contributed by atoms with Crippen molar-refractivity contribution in [1.29, 1.82) is 0 Å². The van der Waals surface area contributed by atoms with E-state index >= 15 is 0 Å². The first-order valence-corrected chi connectivity index (χ1v) is 14.7. The molecule has 10 heteroatoms. The third kappa shape index (κ3) is 7.14. The van der Waals surface area contributed by atoms with Gasteiger partial charge >= 0.3 is 6.09 Å². The minimum Gasteiger partial charge on any atom is -0.443 e. The Morgan fingerprint density at radius 1 is 0.977 bits per heavy atom. The van der Waals surface area contributed by atoms with E-state index in [4.69, 9.17) is 4.74 Å². The number of carbonyl (C=O) groups excluding carboxylic acids is 2. The number of ether oxygens (including phenoxy) is 1. The average molecular weight is 584 g/mol. The van der Waals surface area contributed by atoms with Crippen LogP contribution in [0.5, 0.6) is 0 Å². The van der Waals surface area contributed by atoms with Gasteiger partial charge in [0.2, 0.25) is 0 Å². The Hall–Kier alpha value is -4.44. The van der Waals surface area contributed by atoms with E-state index in [-0.39, 0.29) is 23.5 Å².